The van der Waals surface area contributed by atoms with E-state index in [2.05, 4.69) is 31.0 Å². The number of nitrogens with zero attached hydrogens (tertiary/aromatic N) is 8. The predicted octanol–water partition coefficient (Wildman–Crippen LogP) is 5.10. The maximum atomic E-state index is 12.6. The molecular weight excluding hydrogens is 536 g/mol. The number of hydrogen-bond acceptors (Lipinski definition) is 10. The molecule has 12 heteroatoms. The molecule has 4 aromatic rings. The fourth-order valence-corrected chi connectivity index (χ4v) is 5.41. The summed E-state index contributed by atoms with van der Waals surface area (Å²) in [5, 5.41) is 16.0. The zero-order valence-electron chi connectivity index (χ0n) is 24.3. The summed E-state index contributed by atoms with van der Waals surface area (Å²) in [7, 11) is 0. The van der Waals surface area contributed by atoms with Crippen LogP contribution in [0.2, 0.25) is 0 Å². The van der Waals surface area contributed by atoms with Gasteiger partial charge in [-0.25, -0.2) is 24.4 Å². The number of aryl methyl sites for hydroxylation is 1. The second-order valence-electron chi connectivity index (χ2n) is 11.6. The molecule has 218 valence electrons. The van der Waals surface area contributed by atoms with Gasteiger partial charge in [0.15, 0.2) is 6.23 Å². The normalized spacial score (nSPS) is 17.8. The summed E-state index contributed by atoms with van der Waals surface area (Å²) in [4.78, 5) is 29.9. The lowest BCUT2D eigenvalue weighted by atomic mass is 10.1. The van der Waals surface area contributed by atoms with Crippen LogP contribution in [-0.2, 0) is 9.47 Å². The van der Waals surface area contributed by atoms with E-state index in [1.54, 1.807) is 17.2 Å². The first-order chi connectivity index (χ1) is 20.2. The van der Waals surface area contributed by atoms with Crippen LogP contribution in [0.3, 0.4) is 0 Å². The molecule has 1 aromatic carbocycles. The van der Waals surface area contributed by atoms with Crippen molar-refractivity contribution in [2.24, 2.45) is 0 Å². The molecule has 2 aliphatic rings. The van der Waals surface area contributed by atoms with E-state index in [0.717, 1.165) is 42.3 Å². The number of nitriles is 1. The summed E-state index contributed by atoms with van der Waals surface area (Å²) < 4.78 is 19.9. The van der Waals surface area contributed by atoms with E-state index in [9.17, 15) is 10.1 Å². The number of rotatable bonds is 4. The van der Waals surface area contributed by atoms with Crippen molar-refractivity contribution in [1.29, 1.82) is 5.26 Å². The molecule has 2 aliphatic heterocycles. The van der Waals surface area contributed by atoms with Crippen LogP contribution in [0.5, 0.6) is 11.6 Å². The van der Waals surface area contributed by atoms with Crippen LogP contribution >= 0.6 is 0 Å². The summed E-state index contributed by atoms with van der Waals surface area (Å²) >= 11 is 0. The largest absolute Gasteiger partial charge is 0.444 e. The Morgan fingerprint density at radius 1 is 1.12 bits per heavy atom. The predicted molar refractivity (Wildman–Crippen MR) is 155 cm³/mol. The van der Waals surface area contributed by atoms with Gasteiger partial charge >= 0.3 is 6.09 Å². The smallest absolute Gasteiger partial charge is 0.410 e. The molecule has 0 radical (unpaired) electrons. The van der Waals surface area contributed by atoms with E-state index in [1.807, 2.05) is 44.5 Å². The molecule has 42 heavy (non-hydrogen) atoms. The average molecular weight is 571 g/mol. The Balaban J connectivity index is 1.32. The SMILES string of the molecule is Cc1ccc2c(cnn2C2CCCCO2)c1Oc1nc(C#N)cc2c(N3CCN(C(=O)OC(C)(C)C)CC3)ncnc12. The monoisotopic (exact) mass is 570 g/mol. The second-order valence-corrected chi connectivity index (χ2v) is 11.6. The number of amides is 1. The fourth-order valence-electron chi connectivity index (χ4n) is 5.41. The number of aromatic nitrogens is 5. The summed E-state index contributed by atoms with van der Waals surface area (Å²) in [6.07, 6.45) is 5.88. The van der Waals surface area contributed by atoms with E-state index in [0.29, 0.717) is 48.6 Å². The highest BCUT2D eigenvalue weighted by Gasteiger charge is 2.28. The van der Waals surface area contributed by atoms with Gasteiger partial charge in [0.2, 0.25) is 5.88 Å². The summed E-state index contributed by atoms with van der Waals surface area (Å²) in [6, 6.07) is 7.85. The van der Waals surface area contributed by atoms with Crippen LogP contribution < -0.4 is 9.64 Å². The Bertz CT molecular complexity index is 1670. The van der Waals surface area contributed by atoms with Crippen molar-refractivity contribution in [2.75, 3.05) is 37.7 Å². The number of hydrogen-bond donors (Lipinski definition) is 0. The fraction of sp³-hybridized carbons (Fsp3) is 0.467. The molecule has 1 atom stereocenters. The topological polar surface area (TPSA) is 132 Å². The van der Waals surface area contributed by atoms with Gasteiger partial charge in [0, 0.05) is 32.8 Å². The Morgan fingerprint density at radius 2 is 1.93 bits per heavy atom. The minimum Gasteiger partial charge on any atom is -0.444 e. The lowest BCUT2D eigenvalue weighted by Gasteiger charge is -2.36. The standard InChI is InChI=1S/C30H34N8O4/c1-19-8-9-23-22(17-34-38(23)24-7-5-6-14-40-24)26(19)41-28-25-21(15-20(16-31)35-28)27(33-18-32-25)36-10-12-37(13-11-36)29(39)42-30(2,3)4/h8-9,15,17-18,24H,5-7,10-14H2,1-4H3. The van der Waals surface area contributed by atoms with Crippen molar-refractivity contribution >= 4 is 33.7 Å². The molecule has 0 aliphatic carbocycles. The molecule has 6 rings (SSSR count). The van der Waals surface area contributed by atoms with Crippen molar-refractivity contribution in [1.82, 2.24) is 29.6 Å². The van der Waals surface area contributed by atoms with E-state index >= 15 is 0 Å². The first kappa shape index (κ1) is 27.7. The van der Waals surface area contributed by atoms with Gasteiger partial charge in [-0.05, 0) is 64.7 Å². The number of ether oxygens (including phenoxy) is 3. The van der Waals surface area contributed by atoms with Crippen LogP contribution in [0.4, 0.5) is 10.6 Å². The Kier molecular flexibility index (Phi) is 7.28. The highest BCUT2D eigenvalue weighted by atomic mass is 16.6. The van der Waals surface area contributed by atoms with Crippen molar-refractivity contribution in [3.8, 4) is 17.7 Å². The third-order valence-corrected chi connectivity index (χ3v) is 7.47. The molecule has 0 bridgehead atoms. The number of pyridine rings is 1. The van der Waals surface area contributed by atoms with E-state index in [4.69, 9.17) is 14.2 Å². The second kappa shape index (κ2) is 11.1. The van der Waals surface area contributed by atoms with Gasteiger partial charge in [0.1, 0.15) is 40.8 Å². The zero-order valence-corrected chi connectivity index (χ0v) is 24.3. The Morgan fingerprint density at radius 3 is 2.64 bits per heavy atom. The molecule has 0 spiro atoms. The molecule has 0 N–H and O–H groups in total. The lowest BCUT2D eigenvalue weighted by Crippen LogP contribution is -2.50. The molecule has 5 heterocycles. The van der Waals surface area contributed by atoms with Gasteiger partial charge < -0.3 is 24.0 Å². The number of benzene rings is 1. The first-order valence-corrected chi connectivity index (χ1v) is 14.3. The van der Waals surface area contributed by atoms with Gasteiger partial charge in [-0.3, -0.25) is 0 Å². The zero-order chi connectivity index (χ0) is 29.4. The molecule has 0 saturated carbocycles. The summed E-state index contributed by atoms with van der Waals surface area (Å²) in [6.45, 7) is 10.3. The van der Waals surface area contributed by atoms with Gasteiger partial charge in [-0.1, -0.05) is 6.07 Å². The van der Waals surface area contributed by atoms with Crippen LogP contribution in [0.25, 0.3) is 21.8 Å². The van der Waals surface area contributed by atoms with Gasteiger partial charge in [-0.15, -0.1) is 0 Å². The summed E-state index contributed by atoms with van der Waals surface area (Å²) in [5.41, 5.74) is 1.93. The minimum atomic E-state index is -0.556. The molecular formula is C30H34N8O4. The lowest BCUT2D eigenvalue weighted by molar-refractivity contribution is -0.0366. The highest BCUT2D eigenvalue weighted by molar-refractivity contribution is 5.94. The number of anilines is 1. The van der Waals surface area contributed by atoms with E-state index in [-0.39, 0.29) is 23.9 Å². The van der Waals surface area contributed by atoms with Crippen molar-refractivity contribution in [2.45, 2.75) is 58.8 Å². The van der Waals surface area contributed by atoms with Crippen molar-refractivity contribution in [3.63, 3.8) is 0 Å². The molecule has 2 fully saturated rings. The Hall–Kier alpha value is -4.50. The summed E-state index contributed by atoms with van der Waals surface area (Å²) in [5.74, 6) is 1.48. The quantitative estimate of drug-likeness (QED) is 0.326. The van der Waals surface area contributed by atoms with Crippen LogP contribution in [-0.4, -0.2) is 74.1 Å². The van der Waals surface area contributed by atoms with Gasteiger partial charge in [0.25, 0.3) is 0 Å². The third kappa shape index (κ3) is 5.39. The first-order valence-electron chi connectivity index (χ1n) is 14.3. The minimum absolute atomic E-state index is 0.112. The number of carbonyl (C=O) groups is 1. The number of fused-ring (bicyclic) bond motifs is 2. The third-order valence-electron chi connectivity index (χ3n) is 7.47. The molecule has 1 amide bonds. The average Bonchev–Trinajstić information content (AvgIpc) is 3.42. The molecule has 3 aromatic heterocycles. The van der Waals surface area contributed by atoms with E-state index < -0.39 is 5.60 Å². The molecule has 1 unspecified atom stereocenters. The maximum Gasteiger partial charge on any atom is 0.410 e. The number of carbonyl (C=O) groups excluding carboxylic acids is 1. The van der Waals surface area contributed by atoms with Gasteiger partial charge in [0.05, 0.1) is 22.5 Å². The van der Waals surface area contributed by atoms with E-state index in [1.165, 1.54) is 6.33 Å². The van der Waals surface area contributed by atoms with Crippen molar-refractivity contribution in [3.05, 3.63) is 42.0 Å². The van der Waals surface area contributed by atoms with Gasteiger partial charge in [-0.2, -0.15) is 10.4 Å². The van der Waals surface area contributed by atoms with Crippen LogP contribution in [0, 0.1) is 18.3 Å². The maximum absolute atomic E-state index is 12.6. The van der Waals surface area contributed by atoms with Crippen molar-refractivity contribution < 1.29 is 19.0 Å². The van der Waals surface area contributed by atoms with Crippen LogP contribution in [0.1, 0.15) is 57.5 Å². The number of piperazine rings is 1. The Labute approximate surface area is 243 Å². The van der Waals surface area contributed by atoms with Crippen LogP contribution in [0.15, 0.2) is 30.7 Å². The highest BCUT2D eigenvalue weighted by Crippen LogP contribution is 2.38. The molecule has 12 nitrogen and oxygen atoms in total. The molecule has 2 saturated heterocycles.